The molecule has 27 heavy (non-hydrogen) atoms. The number of carbonyl (C=O) groups is 1. The summed E-state index contributed by atoms with van der Waals surface area (Å²) in [6.07, 6.45) is 0. The molecule has 0 aromatic heterocycles. The third-order valence-electron chi connectivity index (χ3n) is 4.54. The summed E-state index contributed by atoms with van der Waals surface area (Å²) < 4.78 is 40.0. The standard InChI is InChI=1S/C19H22FN3O3S/c1-15-3-2-4-18(13-15)27(25,26)21-14-19(24)23-11-9-22(10-12-23)17-7-5-16(20)6-8-17/h2-8,13,21H,9-12,14H2,1H3. The SMILES string of the molecule is Cc1cccc(S(=O)(=O)NCC(=O)N2CCN(c3ccc(F)cc3)CC2)c1. The smallest absolute Gasteiger partial charge is 0.241 e. The van der Waals surface area contributed by atoms with Crippen molar-refractivity contribution < 1.29 is 17.6 Å². The molecule has 1 fully saturated rings. The molecule has 0 radical (unpaired) electrons. The van der Waals surface area contributed by atoms with Crippen LogP contribution >= 0.6 is 0 Å². The third-order valence-corrected chi connectivity index (χ3v) is 5.94. The van der Waals surface area contributed by atoms with Crippen molar-refractivity contribution in [3.63, 3.8) is 0 Å². The fourth-order valence-corrected chi connectivity index (χ4v) is 4.08. The van der Waals surface area contributed by atoms with Gasteiger partial charge in [-0.3, -0.25) is 4.79 Å². The first-order chi connectivity index (χ1) is 12.8. The van der Waals surface area contributed by atoms with Crippen LogP contribution in [0.1, 0.15) is 5.56 Å². The summed E-state index contributed by atoms with van der Waals surface area (Å²) in [4.78, 5) is 16.2. The van der Waals surface area contributed by atoms with Crippen molar-refractivity contribution in [1.29, 1.82) is 0 Å². The lowest BCUT2D eigenvalue weighted by atomic mass is 10.2. The van der Waals surface area contributed by atoms with Crippen LogP contribution in [0.4, 0.5) is 10.1 Å². The first kappa shape index (κ1) is 19.3. The maximum atomic E-state index is 13.0. The number of carbonyl (C=O) groups excluding carboxylic acids is 1. The van der Waals surface area contributed by atoms with Crippen LogP contribution in [0.25, 0.3) is 0 Å². The van der Waals surface area contributed by atoms with Gasteiger partial charge in [0.25, 0.3) is 0 Å². The number of amides is 1. The van der Waals surface area contributed by atoms with Gasteiger partial charge in [0, 0.05) is 31.9 Å². The maximum Gasteiger partial charge on any atom is 0.241 e. The van der Waals surface area contributed by atoms with Crippen molar-refractivity contribution in [2.45, 2.75) is 11.8 Å². The van der Waals surface area contributed by atoms with E-state index in [0.29, 0.717) is 26.2 Å². The van der Waals surface area contributed by atoms with Crippen molar-refractivity contribution in [3.05, 3.63) is 59.9 Å². The van der Waals surface area contributed by atoms with Gasteiger partial charge in [-0.15, -0.1) is 0 Å². The second kappa shape index (κ2) is 8.06. The van der Waals surface area contributed by atoms with E-state index in [0.717, 1.165) is 11.3 Å². The molecule has 0 unspecified atom stereocenters. The molecule has 1 amide bonds. The molecule has 0 atom stereocenters. The number of hydrogen-bond donors (Lipinski definition) is 1. The Hall–Kier alpha value is -2.45. The quantitative estimate of drug-likeness (QED) is 0.843. The molecule has 1 aliphatic rings. The molecule has 0 spiro atoms. The van der Waals surface area contributed by atoms with Crippen LogP contribution in [0.15, 0.2) is 53.4 Å². The van der Waals surface area contributed by atoms with E-state index >= 15 is 0 Å². The molecule has 3 rings (SSSR count). The van der Waals surface area contributed by atoms with E-state index in [-0.39, 0.29) is 23.2 Å². The van der Waals surface area contributed by atoms with Crippen LogP contribution in [-0.4, -0.2) is 51.9 Å². The lowest BCUT2D eigenvalue weighted by molar-refractivity contribution is -0.130. The van der Waals surface area contributed by atoms with Crippen LogP contribution in [-0.2, 0) is 14.8 Å². The first-order valence-corrected chi connectivity index (χ1v) is 10.2. The molecule has 6 nitrogen and oxygen atoms in total. The summed E-state index contributed by atoms with van der Waals surface area (Å²) in [5, 5.41) is 0. The van der Waals surface area contributed by atoms with E-state index in [9.17, 15) is 17.6 Å². The van der Waals surface area contributed by atoms with Crippen molar-refractivity contribution in [2.75, 3.05) is 37.6 Å². The number of benzene rings is 2. The highest BCUT2D eigenvalue weighted by atomic mass is 32.2. The maximum absolute atomic E-state index is 13.0. The second-order valence-electron chi connectivity index (χ2n) is 6.49. The number of halogens is 1. The molecule has 0 saturated carbocycles. The monoisotopic (exact) mass is 391 g/mol. The molecule has 1 saturated heterocycles. The summed E-state index contributed by atoms with van der Waals surface area (Å²) in [7, 11) is -3.72. The summed E-state index contributed by atoms with van der Waals surface area (Å²) in [6.45, 7) is 3.74. The normalized spacial score (nSPS) is 15.0. The van der Waals surface area contributed by atoms with Gasteiger partial charge in [-0.05, 0) is 48.9 Å². The Morgan fingerprint density at radius 3 is 2.37 bits per heavy atom. The van der Waals surface area contributed by atoms with Gasteiger partial charge in [0.1, 0.15) is 5.82 Å². The Morgan fingerprint density at radius 2 is 1.74 bits per heavy atom. The number of anilines is 1. The summed E-state index contributed by atoms with van der Waals surface area (Å²) in [6, 6.07) is 12.8. The van der Waals surface area contributed by atoms with Crippen LogP contribution in [0, 0.1) is 12.7 Å². The van der Waals surface area contributed by atoms with Gasteiger partial charge in [0.05, 0.1) is 11.4 Å². The van der Waals surface area contributed by atoms with E-state index in [1.165, 1.54) is 18.2 Å². The Balaban J connectivity index is 1.53. The lowest BCUT2D eigenvalue weighted by Crippen LogP contribution is -2.51. The summed E-state index contributed by atoms with van der Waals surface area (Å²) >= 11 is 0. The fraction of sp³-hybridized carbons (Fsp3) is 0.316. The van der Waals surface area contributed by atoms with E-state index in [4.69, 9.17) is 0 Å². The van der Waals surface area contributed by atoms with Crippen LogP contribution in [0.5, 0.6) is 0 Å². The number of piperazine rings is 1. The minimum absolute atomic E-state index is 0.149. The molecule has 0 aliphatic carbocycles. The number of nitrogens with one attached hydrogen (secondary N) is 1. The molecule has 2 aromatic carbocycles. The number of nitrogens with zero attached hydrogens (tertiary/aromatic N) is 2. The Morgan fingerprint density at radius 1 is 1.07 bits per heavy atom. The largest absolute Gasteiger partial charge is 0.368 e. The van der Waals surface area contributed by atoms with E-state index in [2.05, 4.69) is 9.62 Å². The predicted octanol–water partition coefficient (Wildman–Crippen LogP) is 1.76. The number of aryl methyl sites for hydroxylation is 1. The van der Waals surface area contributed by atoms with Crippen molar-refractivity contribution in [1.82, 2.24) is 9.62 Å². The zero-order valence-corrected chi connectivity index (χ0v) is 15.9. The van der Waals surface area contributed by atoms with Crippen LogP contribution in [0.3, 0.4) is 0 Å². The third kappa shape index (κ3) is 4.84. The van der Waals surface area contributed by atoms with Gasteiger partial charge in [-0.2, -0.15) is 0 Å². The van der Waals surface area contributed by atoms with Crippen molar-refractivity contribution >= 4 is 21.6 Å². The average Bonchev–Trinajstić information content (AvgIpc) is 2.67. The second-order valence-corrected chi connectivity index (χ2v) is 8.25. The topological polar surface area (TPSA) is 69.7 Å². The van der Waals surface area contributed by atoms with Crippen molar-refractivity contribution in [3.8, 4) is 0 Å². The van der Waals surface area contributed by atoms with Crippen molar-refractivity contribution in [2.24, 2.45) is 0 Å². The minimum atomic E-state index is -3.72. The lowest BCUT2D eigenvalue weighted by Gasteiger charge is -2.36. The van der Waals surface area contributed by atoms with Gasteiger partial charge in [0.15, 0.2) is 0 Å². The Kier molecular flexibility index (Phi) is 5.76. The van der Waals surface area contributed by atoms with E-state index in [1.54, 1.807) is 29.2 Å². The molecule has 2 aromatic rings. The summed E-state index contributed by atoms with van der Waals surface area (Å²) in [5.74, 6) is -0.543. The molecule has 0 bridgehead atoms. The summed E-state index contributed by atoms with van der Waals surface area (Å²) in [5.41, 5.74) is 1.74. The van der Waals surface area contributed by atoms with E-state index in [1.807, 2.05) is 13.0 Å². The zero-order valence-electron chi connectivity index (χ0n) is 15.1. The zero-order chi connectivity index (χ0) is 19.4. The average molecular weight is 391 g/mol. The fourth-order valence-electron chi connectivity index (χ4n) is 3.00. The Bertz CT molecular complexity index is 908. The molecule has 1 heterocycles. The predicted molar refractivity (Wildman–Crippen MR) is 102 cm³/mol. The number of rotatable bonds is 5. The number of hydrogen-bond acceptors (Lipinski definition) is 4. The minimum Gasteiger partial charge on any atom is -0.368 e. The van der Waals surface area contributed by atoms with Gasteiger partial charge >= 0.3 is 0 Å². The highest BCUT2D eigenvalue weighted by Crippen LogP contribution is 2.17. The van der Waals surface area contributed by atoms with Gasteiger partial charge < -0.3 is 9.80 Å². The molecule has 8 heteroatoms. The number of sulfonamides is 1. The van der Waals surface area contributed by atoms with E-state index < -0.39 is 10.0 Å². The first-order valence-electron chi connectivity index (χ1n) is 8.70. The van der Waals surface area contributed by atoms with Gasteiger partial charge in [0.2, 0.25) is 15.9 Å². The molecular formula is C19H22FN3O3S. The van der Waals surface area contributed by atoms with Gasteiger partial charge in [-0.1, -0.05) is 12.1 Å². The van der Waals surface area contributed by atoms with Gasteiger partial charge in [-0.25, -0.2) is 17.5 Å². The highest BCUT2D eigenvalue weighted by Gasteiger charge is 2.23. The highest BCUT2D eigenvalue weighted by molar-refractivity contribution is 7.89. The van der Waals surface area contributed by atoms with Crippen LogP contribution in [0.2, 0.25) is 0 Å². The molecular weight excluding hydrogens is 369 g/mol. The molecule has 1 aliphatic heterocycles. The Labute approximate surface area is 158 Å². The molecule has 1 N–H and O–H groups in total. The van der Waals surface area contributed by atoms with Crippen LogP contribution < -0.4 is 9.62 Å². The molecule has 144 valence electrons.